The zero-order chi connectivity index (χ0) is 41.4. The lowest BCUT2D eigenvalue weighted by Crippen LogP contribution is -2.22. The van der Waals surface area contributed by atoms with E-state index in [4.69, 9.17) is 20.3 Å². The summed E-state index contributed by atoms with van der Waals surface area (Å²) in [7, 11) is -8.99. The fourth-order valence-corrected chi connectivity index (χ4v) is 8.03. The van der Waals surface area contributed by atoms with Crippen molar-refractivity contribution in [1.29, 1.82) is 0 Å². The van der Waals surface area contributed by atoms with E-state index in [1.165, 1.54) is 44.4 Å². The molecule has 0 unspecified atom stereocenters. The lowest BCUT2D eigenvalue weighted by atomic mass is 10.1. The fraction of sp³-hybridized carbons (Fsp3) is 0.200. The number of aromatic hydroxyl groups is 1. The maximum Gasteiger partial charge on any atom is 0.433 e. The van der Waals surface area contributed by atoms with Crippen molar-refractivity contribution in [2.45, 2.75) is 26.5 Å². The first-order valence-electron chi connectivity index (χ1n) is 15.0. The number of hydrogen-bond donors (Lipinski definition) is 5. The van der Waals surface area contributed by atoms with Crippen molar-refractivity contribution in [3.05, 3.63) is 54.1 Å². The average molecular weight is 893 g/mol. The van der Waals surface area contributed by atoms with Gasteiger partial charge < -0.3 is 26.0 Å². The first-order chi connectivity index (χ1) is 26.3. The van der Waals surface area contributed by atoms with E-state index in [0.717, 1.165) is 17.8 Å². The van der Waals surface area contributed by atoms with Gasteiger partial charge in [-0.2, -0.15) is 21.9 Å². The molecule has 4 aromatic rings. The Morgan fingerprint density at radius 2 is 1.58 bits per heavy atom. The van der Waals surface area contributed by atoms with E-state index in [1.807, 2.05) is 6.11 Å². The van der Waals surface area contributed by atoms with E-state index >= 15 is 0 Å². The molecule has 4 rings (SSSR count). The van der Waals surface area contributed by atoms with Crippen LogP contribution in [-0.4, -0.2) is 88.6 Å². The summed E-state index contributed by atoms with van der Waals surface area (Å²) >= 11 is 1.27. The molecule has 0 bridgehead atoms. The van der Waals surface area contributed by atoms with Gasteiger partial charge in [0.15, 0.2) is 21.7 Å². The van der Waals surface area contributed by atoms with Gasteiger partial charge in [-0.15, -0.1) is 19.7 Å². The molecule has 57 heavy (non-hydrogen) atoms. The summed E-state index contributed by atoms with van der Waals surface area (Å²) in [5.74, 6) is -1.10. The van der Waals surface area contributed by atoms with Crippen LogP contribution in [0.4, 0.5) is 28.4 Å². The molecule has 0 aliphatic rings. The number of anilines is 1. The third-order valence-electron chi connectivity index (χ3n) is 7.10. The second kappa shape index (κ2) is 19.7. The minimum absolute atomic E-state index is 0. The molecule has 8 N–H and O–H groups in total. The van der Waals surface area contributed by atoms with Gasteiger partial charge in [-0.25, -0.2) is 13.7 Å². The summed E-state index contributed by atoms with van der Waals surface area (Å²) in [4.78, 5) is 5.34. The molecule has 0 heterocycles. The number of thioether (sulfide) groups is 1. The third-order valence-corrected chi connectivity index (χ3v) is 11.3. The summed E-state index contributed by atoms with van der Waals surface area (Å²) in [6, 6.07) is 10.8. The molecule has 4 aromatic carbocycles. The molecule has 0 aromatic heterocycles. The van der Waals surface area contributed by atoms with Crippen molar-refractivity contribution in [1.82, 2.24) is 4.90 Å². The normalized spacial score (nSPS) is 12.2. The highest BCUT2D eigenvalue weighted by Gasteiger charge is 2.26. The number of fused-ring (bicyclic) bond motifs is 1. The average Bonchev–Trinajstić information content (AvgIpc) is 3.11. The van der Waals surface area contributed by atoms with Crippen molar-refractivity contribution < 1.29 is 73.5 Å². The number of nitrogens with two attached hydrogens (primary N) is 1. The number of nitrogen functional groups attached to an aromatic ring is 1. The number of methoxy groups -OCH3 is 1. The highest BCUT2D eigenvalue weighted by atomic mass is 32.3. The quantitative estimate of drug-likeness (QED) is 0.0141. The van der Waals surface area contributed by atoms with E-state index in [9.17, 15) is 34.9 Å². The maximum absolute atomic E-state index is 13.0. The van der Waals surface area contributed by atoms with Crippen LogP contribution >= 0.6 is 23.8 Å². The molecule has 0 aliphatic heterocycles. The van der Waals surface area contributed by atoms with Gasteiger partial charge in [-0.3, -0.25) is 14.0 Å². The van der Waals surface area contributed by atoms with Gasteiger partial charge in [0, 0.05) is 22.8 Å². The number of azo groups is 2. The summed E-state index contributed by atoms with van der Waals surface area (Å²) in [6.07, 6.45) is 1.90. The van der Waals surface area contributed by atoms with Crippen LogP contribution < -0.4 is 10.5 Å². The largest absolute Gasteiger partial charge is 0.505 e. The van der Waals surface area contributed by atoms with E-state index in [2.05, 4.69) is 44.3 Å². The van der Waals surface area contributed by atoms with Crippen LogP contribution in [0.15, 0.2) is 88.6 Å². The number of nitrogens with zero attached hydrogens (tertiary/aromatic N) is 5. The Labute approximate surface area is 333 Å². The van der Waals surface area contributed by atoms with Gasteiger partial charge in [0.1, 0.15) is 27.7 Å². The Balaban J connectivity index is 0.00000870. The molecule has 27 heteroatoms. The second-order valence-electron chi connectivity index (χ2n) is 11.2. The summed E-state index contributed by atoms with van der Waals surface area (Å²) in [5.41, 5.74) is 5.70. The molecule has 308 valence electrons. The van der Waals surface area contributed by atoms with Gasteiger partial charge in [0.2, 0.25) is 0 Å². The summed E-state index contributed by atoms with van der Waals surface area (Å²) in [6.45, 7) is 1.77. The maximum atomic E-state index is 13.0. The number of sulfone groups is 1. The van der Waals surface area contributed by atoms with Crippen LogP contribution in [0.25, 0.3) is 10.8 Å². The van der Waals surface area contributed by atoms with Gasteiger partial charge >= 0.3 is 10.4 Å². The Hall–Kier alpha value is -4.67. The predicted molar refractivity (Wildman–Crippen MR) is 205 cm³/mol. The van der Waals surface area contributed by atoms with Crippen molar-refractivity contribution in [2.24, 2.45) is 20.5 Å². The van der Waals surface area contributed by atoms with Crippen molar-refractivity contribution in [3.8, 4) is 22.9 Å². The Morgan fingerprint density at radius 1 is 0.912 bits per heavy atom. The molecule has 0 saturated heterocycles. The monoisotopic (exact) mass is 892 g/mol. The number of benzene rings is 4. The van der Waals surface area contributed by atoms with Crippen molar-refractivity contribution >= 4 is 93.4 Å². The smallest absolute Gasteiger partial charge is 0.433 e. The highest BCUT2D eigenvalue weighted by Crippen LogP contribution is 2.49. The van der Waals surface area contributed by atoms with Crippen LogP contribution in [0, 0.1) is 18.3 Å². The van der Waals surface area contributed by atoms with Crippen LogP contribution in [-0.2, 0) is 48.9 Å². The molecule has 0 spiro atoms. The van der Waals surface area contributed by atoms with Gasteiger partial charge in [0.05, 0.1) is 51.5 Å². The van der Waals surface area contributed by atoms with Gasteiger partial charge in [-0.05, 0) is 90.5 Å². The van der Waals surface area contributed by atoms with Gasteiger partial charge in [-0.1, -0.05) is 5.04 Å². The van der Waals surface area contributed by atoms with E-state index in [0.29, 0.717) is 16.9 Å². The number of aryl methyl sites for hydroxylation is 1. The Kier molecular flexibility index (Phi) is 16.1. The summed E-state index contributed by atoms with van der Waals surface area (Å²) < 4.78 is 104. The molecule has 0 amide bonds. The van der Waals surface area contributed by atoms with Crippen LogP contribution in [0.5, 0.6) is 11.5 Å². The van der Waals surface area contributed by atoms with Crippen LogP contribution in [0.1, 0.15) is 5.56 Å². The number of hydrogen-bond acceptors (Lipinski definition) is 21. The minimum Gasteiger partial charge on any atom is -0.505 e. The van der Waals surface area contributed by atoms with Gasteiger partial charge in [0.25, 0.3) is 10.1 Å². The van der Waals surface area contributed by atoms with Crippen LogP contribution in [0.2, 0.25) is 0 Å². The molecule has 22 nitrogen and oxygen atoms in total. The lowest BCUT2D eigenvalue weighted by molar-refractivity contribution is -0.432. The van der Waals surface area contributed by atoms with E-state index in [-0.39, 0.29) is 72.4 Å². The molecule has 0 atom stereocenters. The standard InChI is InChI=1S/C30H30N6O15S5.H2O/c1-17-13-21(22(47-4)16-24(17)54(39,40)12-9-36(2)3)33-35-29-25(55(41,42)43)15-18-14-23(53-50-49-38)28(27(31)26(18)30(29)37)34-32-19-5-7-20(8-6-19)52-11-10-48-51-56(44,45)46;/h5-8,13-16,37-38H,9,12,31H2,1-4H3,(H,41,42,43)(H,44,45,46);1H2. The molecule has 0 aliphatic carbocycles. The predicted octanol–water partition coefficient (Wildman–Crippen LogP) is 5.22. The molecular weight excluding hydrogens is 861 g/mol. The zero-order valence-corrected chi connectivity index (χ0v) is 33.7. The SMILES string of the molecule is COc1cc(S(=O)(=O)CCN(C)C)c(C)cc1N=Nc1c(S(=O)(=O)O)cc2cc(SOOO)c(N=Nc3ccc(SC#COOS(=O)(=O)O)cc3)c(N)c2c1O.O. The van der Waals surface area contributed by atoms with Crippen molar-refractivity contribution in [3.63, 3.8) is 0 Å². The lowest BCUT2D eigenvalue weighted by Gasteiger charge is -2.15. The first-order valence-corrected chi connectivity index (χ1v) is 21.0. The van der Waals surface area contributed by atoms with E-state index < -0.39 is 46.7 Å². The molecular formula is C30H32N6O16S5. The topological polar surface area (TPSA) is 340 Å². The van der Waals surface area contributed by atoms with Crippen LogP contribution in [0.3, 0.4) is 0 Å². The summed E-state index contributed by atoms with van der Waals surface area (Å²) in [5, 5.41) is 42.2. The number of phenols is 1. The minimum atomic E-state index is -5.10. The highest BCUT2D eigenvalue weighted by molar-refractivity contribution is 8.04. The van der Waals surface area contributed by atoms with Crippen molar-refractivity contribution in [2.75, 3.05) is 39.2 Å². The molecule has 0 saturated carbocycles. The number of ether oxygens (including phenoxy) is 1. The molecule has 0 radical (unpaired) electrons. The Bertz CT molecular complexity index is 2580. The fourth-order valence-electron chi connectivity index (χ4n) is 4.62. The molecule has 0 fully saturated rings. The first kappa shape index (κ1) is 46.7. The zero-order valence-electron chi connectivity index (χ0n) is 29.7. The Morgan fingerprint density at radius 3 is 2.18 bits per heavy atom. The number of phenolic OH excluding ortho intramolecular Hbond substituents is 1. The number of rotatable bonds is 16. The second-order valence-corrected chi connectivity index (χ2v) is 17.3. The third kappa shape index (κ3) is 12.4. The van der Waals surface area contributed by atoms with E-state index in [1.54, 1.807) is 31.1 Å².